The zero-order valence-electron chi connectivity index (χ0n) is 14.8. The van der Waals surface area contributed by atoms with E-state index in [1.165, 1.54) is 11.1 Å². The van der Waals surface area contributed by atoms with Crippen molar-refractivity contribution in [2.45, 2.75) is 33.2 Å². The highest BCUT2D eigenvalue weighted by atomic mass is 16.1. The van der Waals surface area contributed by atoms with Crippen LogP contribution in [0.2, 0.25) is 0 Å². The van der Waals surface area contributed by atoms with E-state index < -0.39 is 0 Å². The van der Waals surface area contributed by atoms with Gasteiger partial charge < -0.3 is 10.3 Å². The monoisotopic (exact) mass is 348 g/mol. The van der Waals surface area contributed by atoms with E-state index in [0.29, 0.717) is 19.4 Å². The number of aromatic amines is 1. The lowest BCUT2D eigenvalue weighted by Crippen LogP contribution is -2.23. The summed E-state index contributed by atoms with van der Waals surface area (Å²) in [5.74, 6) is 0.815. The predicted octanol–water partition coefficient (Wildman–Crippen LogP) is 2.47. The Morgan fingerprint density at radius 2 is 2.19 bits per heavy atom. The summed E-state index contributed by atoms with van der Waals surface area (Å²) in [5, 5.41) is 7.15. The van der Waals surface area contributed by atoms with Crippen molar-refractivity contribution in [2.24, 2.45) is 0 Å². The minimum absolute atomic E-state index is 0.0198. The number of carbonyl (C=O) groups is 1. The number of hydrogen-bond acceptors (Lipinski definition) is 4. The number of hydrogen-bond donors (Lipinski definition) is 2. The average molecular weight is 348 g/mol. The average Bonchev–Trinajstić information content (AvgIpc) is 3.26. The normalized spacial score (nSPS) is 11.3. The van der Waals surface area contributed by atoms with Crippen LogP contribution < -0.4 is 5.32 Å². The van der Waals surface area contributed by atoms with E-state index in [1.54, 1.807) is 16.9 Å². The second-order valence-corrected chi connectivity index (χ2v) is 6.42. The molecule has 0 bridgehead atoms. The summed E-state index contributed by atoms with van der Waals surface area (Å²) in [7, 11) is 0. The van der Waals surface area contributed by atoms with Crippen molar-refractivity contribution in [1.82, 2.24) is 29.9 Å². The molecule has 3 aromatic heterocycles. The molecule has 1 aromatic carbocycles. The largest absolute Gasteiger partial charge is 0.352 e. The van der Waals surface area contributed by atoms with Gasteiger partial charge in [-0.1, -0.05) is 6.07 Å². The van der Waals surface area contributed by atoms with Crippen molar-refractivity contribution >= 4 is 22.6 Å². The maximum Gasteiger partial charge on any atom is 0.220 e. The highest BCUT2D eigenvalue weighted by molar-refractivity contribution is 5.80. The lowest BCUT2D eigenvalue weighted by Gasteiger charge is -2.03. The van der Waals surface area contributed by atoms with Crippen molar-refractivity contribution < 1.29 is 4.79 Å². The number of fused-ring (bicyclic) bond motifs is 2. The van der Waals surface area contributed by atoms with Crippen LogP contribution in [0.15, 0.2) is 36.8 Å². The Kier molecular flexibility index (Phi) is 4.12. The van der Waals surface area contributed by atoms with Gasteiger partial charge in [0, 0.05) is 37.3 Å². The third-order valence-corrected chi connectivity index (χ3v) is 4.64. The number of nitrogens with one attached hydrogen (secondary N) is 2. The maximum atomic E-state index is 12.2. The molecule has 4 rings (SSSR count). The summed E-state index contributed by atoms with van der Waals surface area (Å²) >= 11 is 0. The number of amides is 1. The topological polar surface area (TPSA) is 88.0 Å². The van der Waals surface area contributed by atoms with Crippen LogP contribution in [0.5, 0.6) is 0 Å². The quantitative estimate of drug-likeness (QED) is 0.580. The number of nitrogens with zero attached hydrogens (tertiary/aromatic N) is 4. The van der Waals surface area contributed by atoms with Crippen LogP contribution in [0.1, 0.15) is 28.9 Å². The number of aromatic nitrogens is 5. The molecule has 4 aromatic rings. The molecule has 0 aliphatic carbocycles. The number of H-pyrrole nitrogens is 1. The molecule has 1 amide bonds. The van der Waals surface area contributed by atoms with Crippen LogP contribution >= 0.6 is 0 Å². The Labute approximate surface area is 150 Å². The van der Waals surface area contributed by atoms with Gasteiger partial charge in [-0.05, 0) is 37.1 Å². The first kappa shape index (κ1) is 16.3. The Hall–Kier alpha value is -3.22. The summed E-state index contributed by atoms with van der Waals surface area (Å²) < 4.78 is 1.69. The Bertz CT molecular complexity index is 1090. The molecule has 7 heteroatoms. The van der Waals surface area contributed by atoms with Gasteiger partial charge in [-0.3, -0.25) is 4.79 Å². The van der Waals surface area contributed by atoms with Crippen LogP contribution in [0.25, 0.3) is 16.7 Å². The first-order chi connectivity index (χ1) is 12.6. The summed E-state index contributed by atoms with van der Waals surface area (Å²) in [6, 6.07) is 5.93. The molecule has 2 N–H and O–H groups in total. The first-order valence-corrected chi connectivity index (χ1v) is 8.60. The fourth-order valence-electron chi connectivity index (χ4n) is 3.00. The van der Waals surface area contributed by atoms with Crippen molar-refractivity contribution in [3.8, 4) is 0 Å². The number of rotatable bonds is 5. The van der Waals surface area contributed by atoms with Crippen LogP contribution in [-0.2, 0) is 17.8 Å². The van der Waals surface area contributed by atoms with Gasteiger partial charge in [0.2, 0.25) is 5.91 Å². The lowest BCUT2D eigenvalue weighted by molar-refractivity contribution is -0.121. The third-order valence-electron chi connectivity index (χ3n) is 4.64. The Balaban J connectivity index is 1.37. The minimum atomic E-state index is -0.0198. The molecule has 0 radical (unpaired) electrons. The second-order valence-electron chi connectivity index (χ2n) is 6.42. The van der Waals surface area contributed by atoms with Crippen LogP contribution in [0.3, 0.4) is 0 Å². The predicted molar refractivity (Wildman–Crippen MR) is 98.7 cm³/mol. The maximum absolute atomic E-state index is 12.2. The molecule has 0 unspecified atom stereocenters. The number of carbonyl (C=O) groups excluding carboxylic acids is 1. The van der Waals surface area contributed by atoms with Crippen molar-refractivity contribution in [1.29, 1.82) is 0 Å². The first-order valence-electron chi connectivity index (χ1n) is 8.60. The Morgan fingerprint density at radius 1 is 1.31 bits per heavy atom. The van der Waals surface area contributed by atoms with Gasteiger partial charge in [-0.2, -0.15) is 5.10 Å². The molecule has 3 heterocycles. The number of imidazole rings is 1. The molecule has 0 fully saturated rings. The van der Waals surface area contributed by atoms with E-state index >= 15 is 0 Å². The number of benzene rings is 1. The van der Waals surface area contributed by atoms with Gasteiger partial charge in [0.15, 0.2) is 5.65 Å². The van der Waals surface area contributed by atoms with E-state index in [1.807, 2.05) is 18.3 Å². The smallest absolute Gasteiger partial charge is 0.220 e. The van der Waals surface area contributed by atoms with Crippen molar-refractivity contribution in [3.05, 3.63) is 59.3 Å². The van der Waals surface area contributed by atoms with Crippen LogP contribution in [-0.4, -0.2) is 30.5 Å². The van der Waals surface area contributed by atoms with Gasteiger partial charge in [0.1, 0.15) is 5.82 Å². The van der Waals surface area contributed by atoms with Gasteiger partial charge in [0.25, 0.3) is 0 Å². The minimum Gasteiger partial charge on any atom is -0.352 e. The van der Waals surface area contributed by atoms with E-state index in [2.05, 4.69) is 45.3 Å². The van der Waals surface area contributed by atoms with E-state index in [-0.39, 0.29) is 5.91 Å². The van der Waals surface area contributed by atoms with Crippen molar-refractivity contribution in [2.75, 3.05) is 0 Å². The molecule has 0 atom stereocenters. The molecule has 0 aliphatic heterocycles. The zero-order valence-corrected chi connectivity index (χ0v) is 14.8. The molecular weight excluding hydrogens is 328 g/mol. The van der Waals surface area contributed by atoms with Crippen molar-refractivity contribution in [3.63, 3.8) is 0 Å². The molecule has 0 saturated heterocycles. The highest BCUT2D eigenvalue weighted by Crippen LogP contribution is 2.19. The second kappa shape index (κ2) is 6.59. The molecular formula is C19H20N6O. The highest BCUT2D eigenvalue weighted by Gasteiger charge is 2.10. The van der Waals surface area contributed by atoms with E-state index in [9.17, 15) is 4.79 Å². The lowest BCUT2D eigenvalue weighted by atomic mass is 10.1. The summed E-state index contributed by atoms with van der Waals surface area (Å²) in [4.78, 5) is 24.4. The molecule has 7 nitrogen and oxygen atoms in total. The van der Waals surface area contributed by atoms with Gasteiger partial charge in [-0.15, -0.1) is 0 Å². The van der Waals surface area contributed by atoms with Gasteiger partial charge in [-0.25, -0.2) is 14.5 Å². The molecule has 26 heavy (non-hydrogen) atoms. The summed E-state index contributed by atoms with van der Waals surface area (Å²) in [6.07, 6.45) is 6.23. The van der Waals surface area contributed by atoms with Gasteiger partial charge >= 0.3 is 0 Å². The van der Waals surface area contributed by atoms with Crippen LogP contribution in [0.4, 0.5) is 0 Å². The molecule has 0 saturated carbocycles. The van der Waals surface area contributed by atoms with Crippen LogP contribution in [0, 0.1) is 13.8 Å². The molecule has 132 valence electrons. The summed E-state index contributed by atoms with van der Waals surface area (Å²) in [6.45, 7) is 4.56. The zero-order chi connectivity index (χ0) is 18.1. The van der Waals surface area contributed by atoms with E-state index in [0.717, 1.165) is 28.1 Å². The SMILES string of the molecule is Cc1ccc2[nH]c(CCC(=O)NCc3cnn4cccnc34)nc2c1C. The number of aryl methyl sites for hydroxylation is 3. The fourth-order valence-corrected chi connectivity index (χ4v) is 3.00. The van der Waals surface area contributed by atoms with Gasteiger partial charge in [0.05, 0.1) is 17.2 Å². The molecule has 0 aliphatic rings. The Morgan fingerprint density at radius 3 is 3.08 bits per heavy atom. The standard InChI is InChI=1S/C19H20N6O/c1-12-4-5-15-18(13(12)2)24-16(23-15)6-7-17(26)21-10-14-11-22-25-9-3-8-20-19(14)25/h3-5,8-9,11H,6-7,10H2,1-2H3,(H,21,26)(H,23,24). The van der Waals surface area contributed by atoms with E-state index in [4.69, 9.17) is 0 Å². The fraction of sp³-hybridized carbons (Fsp3) is 0.263. The molecule has 0 spiro atoms. The third kappa shape index (κ3) is 3.03. The summed E-state index contributed by atoms with van der Waals surface area (Å²) in [5.41, 5.74) is 6.05.